The predicted octanol–water partition coefficient (Wildman–Crippen LogP) is 3.38. The number of benzene rings is 1. The number of hydrogen-bond acceptors (Lipinski definition) is 6. The fourth-order valence-corrected chi connectivity index (χ4v) is 4.74. The molecule has 7 nitrogen and oxygen atoms in total. The predicted molar refractivity (Wildman–Crippen MR) is 117 cm³/mol. The van der Waals surface area contributed by atoms with Crippen LogP contribution >= 0.6 is 11.8 Å². The molecule has 1 aliphatic carbocycles. The highest BCUT2D eigenvalue weighted by molar-refractivity contribution is 8.00. The molecule has 0 saturated heterocycles. The number of anilines is 1. The second-order valence-corrected chi connectivity index (χ2v) is 10.2. The molecule has 1 aliphatic rings. The number of nitrogens with zero attached hydrogens (tertiary/aromatic N) is 2. The summed E-state index contributed by atoms with van der Waals surface area (Å²) in [4.78, 5) is 17.3. The monoisotopic (exact) mass is 444 g/mol. The molecule has 0 radical (unpaired) electrons. The Hall–Kier alpha value is -2.41. The van der Waals surface area contributed by atoms with Crippen LogP contribution in [0.3, 0.4) is 0 Å². The lowest BCUT2D eigenvalue weighted by Crippen LogP contribution is -2.23. The summed E-state index contributed by atoms with van der Waals surface area (Å²) >= 11 is 1.25. The SMILES string of the molecule is CC(Sc1nc2c(cc1C#N)CCCCCC2)C(=O)Nc1ccc(S(N)(=O)=O)cc1. The molecule has 3 N–H and O–H groups in total. The van der Waals surface area contributed by atoms with Gasteiger partial charge in [-0.2, -0.15) is 5.26 Å². The van der Waals surface area contributed by atoms with Gasteiger partial charge in [-0.25, -0.2) is 18.5 Å². The van der Waals surface area contributed by atoms with Gasteiger partial charge in [-0.15, -0.1) is 0 Å². The molecule has 1 heterocycles. The van der Waals surface area contributed by atoms with E-state index >= 15 is 0 Å². The van der Waals surface area contributed by atoms with Crippen LogP contribution in [0.5, 0.6) is 0 Å². The second-order valence-electron chi connectivity index (χ2n) is 7.29. The summed E-state index contributed by atoms with van der Waals surface area (Å²) < 4.78 is 22.7. The Morgan fingerprint density at radius 1 is 1.20 bits per heavy atom. The molecule has 1 unspecified atom stereocenters. The van der Waals surface area contributed by atoms with Crippen LogP contribution in [0.2, 0.25) is 0 Å². The van der Waals surface area contributed by atoms with Gasteiger partial charge in [0.25, 0.3) is 0 Å². The van der Waals surface area contributed by atoms with Crippen molar-refractivity contribution in [1.29, 1.82) is 5.26 Å². The van der Waals surface area contributed by atoms with E-state index in [0.29, 0.717) is 16.3 Å². The number of nitrogens with one attached hydrogen (secondary N) is 1. The van der Waals surface area contributed by atoms with Gasteiger partial charge in [0, 0.05) is 11.4 Å². The third kappa shape index (κ3) is 5.59. The van der Waals surface area contributed by atoms with Crippen LogP contribution in [-0.4, -0.2) is 24.6 Å². The van der Waals surface area contributed by atoms with E-state index in [2.05, 4.69) is 11.4 Å². The van der Waals surface area contributed by atoms with Crippen molar-refractivity contribution in [3.8, 4) is 6.07 Å². The molecule has 158 valence electrons. The summed E-state index contributed by atoms with van der Waals surface area (Å²) in [7, 11) is -3.78. The van der Waals surface area contributed by atoms with Gasteiger partial charge in [0.15, 0.2) is 0 Å². The van der Waals surface area contributed by atoms with Crippen LogP contribution in [0.25, 0.3) is 0 Å². The lowest BCUT2D eigenvalue weighted by molar-refractivity contribution is -0.115. The van der Waals surface area contributed by atoms with Crippen molar-refractivity contribution < 1.29 is 13.2 Å². The summed E-state index contributed by atoms with van der Waals surface area (Å²) in [6.45, 7) is 1.75. The fourth-order valence-electron chi connectivity index (χ4n) is 3.33. The minimum absolute atomic E-state index is 0.0217. The van der Waals surface area contributed by atoms with Crippen LogP contribution < -0.4 is 10.5 Å². The lowest BCUT2D eigenvalue weighted by atomic mass is 9.96. The molecular formula is C21H24N4O3S2. The highest BCUT2D eigenvalue weighted by Gasteiger charge is 2.20. The Kier molecular flexibility index (Phi) is 7.13. The number of fused-ring (bicyclic) bond motifs is 1. The first-order valence-corrected chi connectivity index (χ1v) is 12.2. The van der Waals surface area contributed by atoms with E-state index in [-0.39, 0.29) is 10.8 Å². The number of nitriles is 1. The number of pyridine rings is 1. The number of amides is 1. The highest BCUT2D eigenvalue weighted by atomic mass is 32.2. The Bertz CT molecular complexity index is 1080. The maximum absolute atomic E-state index is 12.6. The van der Waals surface area contributed by atoms with Crippen LogP contribution in [0.4, 0.5) is 5.69 Å². The molecule has 3 rings (SSSR count). The molecule has 0 spiro atoms. The van der Waals surface area contributed by atoms with Crippen LogP contribution in [0, 0.1) is 11.3 Å². The van der Waals surface area contributed by atoms with Crippen molar-refractivity contribution >= 4 is 33.4 Å². The molecule has 30 heavy (non-hydrogen) atoms. The first-order valence-electron chi connectivity index (χ1n) is 9.81. The first-order chi connectivity index (χ1) is 14.3. The van der Waals surface area contributed by atoms with Crippen molar-refractivity contribution in [3.05, 3.63) is 47.2 Å². The highest BCUT2D eigenvalue weighted by Crippen LogP contribution is 2.29. The van der Waals surface area contributed by atoms with E-state index in [9.17, 15) is 18.5 Å². The molecule has 1 amide bonds. The average molecular weight is 445 g/mol. The fraction of sp³-hybridized carbons (Fsp3) is 0.381. The number of carbonyl (C=O) groups is 1. The van der Waals surface area contributed by atoms with E-state index in [1.165, 1.54) is 48.9 Å². The van der Waals surface area contributed by atoms with Crippen molar-refractivity contribution in [2.75, 3.05) is 5.32 Å². The number of nitrogens with two attached hydrogens (primary N) is 1. The van der Waals surface area contributed by atoms with Gasteiger partial charge in [-0.3, -0.25) is 4.79 Å². The summed E-state index contributed by atoms with van der Waals surface area (Å²) in [6, 6.07) is 9.79. The molecule has 0 bridgehead atoms. The van der Waals surface area contributed by atoms with Gasteiger partial charge in [0.2, 0.25) is 15.9 Å². The molecule has 2 aromatic rings. The van der Waals surface area contributed by atoms with Gasteiger partial charge in [0.1, 0.15) is 11.1 Å². The zero-order valence-corrected chi connectivity index (χ0v) is 18.4. The maximum Gasteiger partial charge on any atom is 0.238 e. The van der Waals surface area contributed by atoms with E-state index in [0.717, 1.165) is 36.9 Å². The Morgan fingerprint density at radius 3 is 2.50 bits per heavy atom. The van der Waals surface area contributed by atoms with Gasteiger partial charge >= 0.3 is 0 Å². The van der Waals surface area contributed by atoms with E-state index in [4.69, 9.17) is 10.1 Å². The number of sulfonamides is 1. The lowest BCUT2D eigenvalue weighted by Gasteiger charge is -2.17. The first kappa shape index (κ1) is 22.3. The maximum atomic E-state index is 12.6. The number of thioether (sulfide) groups is 1. The third-order valence-corrected chi connectivity index (χ3v) is 7.03. The average Bonchev–Trinajstić information content (AvgIpc) is 2.68. The summed E-state index contributed by atoms with van der Waals surface area (Å²) in [5.74, 6) is -0.263. The van der Waals surface area contributed by atoms with Crippen molar-refractivity contribution in [3.63, 3.8) is 0 Å². The molecule has 0 aliphatic heterocycles. The van der Waals surface area contributed by atoms with Crippen LogP contribution in [0.1, 0.15) is 49.4 Å². The number of rotatable bonds is 5. The molecule has 1 aromatic heterocycles. The molecule has 1 aromatic carbocycles. The van der Waals surface area contributed by atoms with Crippen molar-refractivity contribution in [2.24, 2.45) is 5.14 Å². The number of aromatic nitrogens is 1. The largest absolute Gasteiger partial charge is 0.325 e. The van der Waals surface area contributed by atoms with Crippen molar-refractivity contribution in [2.45, 2.75) is 60.6 Å². The minimum Gasteiger partial charge on any atom is -0.325 e. The molecule has 0 saturated carbocycles. The zero-order chi connectivity index (χ0) is 21.7. The van der Waals surface area contributed by atoms with Crippen molar-refractivity contribution in [1.82, 2.24) is 4.98 Å². The summed E-state index contributed by atoms with van der Waals surface area (Å²) in [5.41, 5.74) is 3.13. The summed E-state index contributed by atoms with van der Waals surface area (Å²) in [6.07, 6.45) is 6.41. The standard InChI is InChI=1S/C21H24N4O3S2/c1-14(20(26)24-17-8-10-18(11-9-17)30(23,27)28)29-21-16(13-22)12-15-6-4-2-3-5-7-19(15)25-21/h8-12,14H,2-7H2,1H3,(H,24,26)(H2,23,27,28). The van der Waals surface area contributed by atoms with E-state index in [1.807, 2.05) is 6.07 Å². The summed E-state index contributed by atoms with van der Waals surface area (Å²) in [5, 5.41) is 17.5. The Labute approximate surface area is 181 Å². The van der Waals surface area contributed by atoms with Gasteiger partial charge < -0.3 is 5.32 Å². The van der Waals surface area contributed by atoms with Crippen LogP contribution in [0.15, 0.2) is 40.3 Å². The molecule has 9 heteroatoms. The number of primary sulfonamides is 1. The topological polar surface area (TPSA) is 126 Å². The third-order valence-electron chi connectivity index (χ3n) is 4.99. The number of hydrogen-bond donors (Lipinski definition) is 2. The second kappa shape index (κ2) is 9.60. The Morgan fingerprint density at radius 2 is 1.87 bits per heavy atom. The van der Waals surface area contributed by atoms with Gasteiger partial charge in [0.05, 0.1) is 15.7 Å². The van der Waals surface area contributed by atoms with E-state index in [1.54, 1.807) is 6.92 Å². The van der Waals surface area contributed by atoms with Crippen LogP contribution in [-0.2, 0) is 27.7 Å². The number of carbonyl (C=O) groups excluding carboxylic acids is 1. The molecule has 0 fully saturated rings. The zero-order valence-electron chi connectivity index (χ0n) is 16.7. The molecular weight excluding hydrogens is 420 g/mol. The van der Waals surface area contributed by atoms with Gasteiger partial charge in [-0.05, 0) is 68.5 Å². The van der Waals surface area contributed by atoms with Gasteiger partial charge in [-0.1, -0.05) is 24.6 Å². The Balaban J connectivity index is 1.73. The normalized spacial score (nSPS) is 15.2. The quantitative estimate of drug-likeness (QED) is 0.681. The smallest absolute Gasteiger partial charge is 0.238 e. The van der Waals surface area contributed by atoms with E-state index < -0.39 is 15.3 Å². The molecule has 1 atom stereocenters. The number of aryl methyl sites for hydroxylation is 2. The minimum atomic E-state index is -3.78.